The fourth-order valence-electron chi connectivity index (χ4n) is 2.84. The second kappa shape index (κ2) is 7.38. The maximum Gasteiger partial charge on any atom is 0.261 e. The third-order valence-corrected chi connectivity index (χ3v) is 5.68. The molecule has 6 nitrogen and oxygen atoms in total. The number of aliphatic hydroxyl groups is 1. The van der Waals surface area contributed by atoms with Crippen LogP contribution in [0.2, 0.25) is 0 Å². The summed E-state index contributed by atoms with van der Waals surface area (Å²) in [6.45, 7) is -0.144. The zero-order valence-electron chi connectivity index (χ0n) is 14.8. The van der Waals surface area contributed by atoms with Crippen LogP contribution in [-0.2, 0) is 16.6 Å². The van der Waals surface area contributed by atoms with Crippen LogP contribution in [0.25, 0.3) is 22.3 Å². The molecule has 0 saturated heterocycles. The van der Waals surface area contributed by atoms with E-state index in [9.17, 15) is 8.42 Å². The normalized spacial score (nSPS) is 11.5. The molecule has 0 aliphatic heterocycles. The van der Waals surface area contributed by atoms with E-state index in [2.05, 4.69) is 14.7 Å². The number of aromatic nitrogens is 2. The molecule has 2 N–H and O–H groups in total. The molecule has 1 aromatic heterocycles. The molecular formula is C21H17N3O3S. The Labute approximate surface area is 162 Å². The van der Waals surface area contributed by atoms with Gasteiger partial charge in [0.05, 0.1) is 34.6 Å². The molecule has 0 bridgehead atoms. The Hall–Kier alpha value is -3.29. The predicted molar refractivity (Wildman–Crippen MR) is 108 cm³/mol. The molecule has 28 heavy (non-hydrogen) atoms. The number of nitrogens with one attached hydrogen (secondary N) is 1. The van der Waals surface area contributed by atoms with Crippen LogP contribution in [0.3, 0.4) is 0 Å². The second-order valence-electron chi connectivity index (χ2n) is 6.20. The zero-order valence-corrected chi connectivity index (χ0v) is 15.6. The minimum Gasteiger partial charge on any atom is -0.392 e. The minimum atomic E-state index is -3.81. The molecule has 0 unspecified atom stereocenters. The summed E-state index contributed by atoms with van der Waals surface area (Å²) >= 11 is 0. The number of para-hydroxylation sites is 1. The Kier molecular flexibility index (Phi) is 4.77. The third kappa shape index (κ3) is 3.58. The van der Waals surface area contributed by atoms with Crippen molar-refractivity contribution in [2.24, 2.45) is 0 Å². The molecule has 0 atom stereocenters. The molecule has 4 rings (SSSR count). The summed E-state index contributed by atoms with van der Waals surface area (Å²) < 4.78 is 28.2. The SMILES string of the molecule is O=S(=O)(Nc1cccc2ncc(-c3ccccc3)nc12)c1ccc(CO)cc1. The molecule has 0 aliphatic rings. The highest BCUT2D eigenvalue weighted by Crippen LogP contribution is 2.26. The summed E-state index contributed by atoms with van der Waals surface area (Å²) in [7, 11) is -3.81. The predicted octanol–water partition coefficient (Wildman–Crippen LogP) is 3.59. The van der Waals surface area contributed by atoms with Crippen LogP contribution in [0.15, 0.2) is 83.9 Å². The lowest BCUT2D eigenvalue weighted by molar-refractivity contribution is 0.282. The lowest BCUT2D eigenvalue weighted by Crippen LogP contribution is -2.13. The summed E-state index contributed by atoms with van der Waals surface area (Å²) in [6.07, 6.45) is 1.67. The molecule has 0 saturated carbocycles. The van der Waals surface area contributed by atoms with Gasteiger partial charge in [-0.2, -0.15) is 0 Å². The van der Waals surface area contributed by atoms with Gasteiger partial charge in [-0.25, -0.2) is 13.4 Å². The lowest BCUT2D eigenvalue weighted by Gasteiger charge is -2.11. The minimum absolute atomic E-state index is 0.105. The topological polar surface area (TPSA) is 92.2 Å². The van der Waals surface area contributed by atoms with E-state index in [1.54, 1.807) is 36.5 Å². The molecule has 1 heterocycles. The van der Waals surface area contributed by atoms with Crippen LogP contribution in [0.5, 0.6) is 0 Å². The van der Waals surface area contributed by atoms with Crippen LogP contribution < -0.4 is 4.72 Å². The van der Waals surface area contributed by atoms with E-state index in [0.29, 0.717) is 28.0 Å². The molecular weight excluding hydrogens is 374 g/mol. The first-order chi connectivity index (χ1) is 13.6. The van der Waals surface area contributed by atoms with Gasteiger partial charge < -0.3 is 5.11 Å². The zero-order chi connectivity index (χ0) is 19.6. The maximum atomic E-state index is 12.8. The Bertz CT molecular complexity index is 1220. The number of hydrogen-bond acceptors (Lipinski definition) is 5. The highest BCUT2D eigenvalue weighted by Gasteiger charge is 2.16. The fraction of sp³-hybridized carbons (Fsp3) is 0.0476. The van der Waals surface area contributed by atoms with Gasteiger partial charge in [0, 0.05) is 5.56 Å². The van der Waals surface area contributed by atoms with E-state index < -0.39 is 10.0 Å². The number of hydrogen-bond donors (Lipinski definition) is 2. The molecule has 7 heteroatoms. The van der Waals surface area contributed by atoms with Gasteiger partial charge in [-0.3, -0.25) is 9.71 Å². The van der Waals surface area contributed by atoms with Gasteiger partial charge in [-0.1, -0.05) is 48.5 Å². The number of anilines is 1. The van der Waals surface area contributed by atoms with E-state index >= 15 is 0 Å². The molecule has 4 aromatic rings. The van der Waals surface area contributed by atoms with Gasteiger partial charge in [0.25, 0.3) is 10.0 Å². The van der Waals surface area contributed by atoms with Crippen molar-refractivity contribution in [2.75, 3.05) is 4.72 Å². The van der Waals surface area contributed by atoms with Crippen molar-refractivity contribution in [2.45, 2.75) is 11.5 Å². The molecule has 140 valence electrons. The van der Waals surface area contributed by atoms with Crippen molar-refractivity contribution >= 4 is 26.7 Å². The number of fused-ring (bicyclic) bond motifs is 1. The summed E-state index contributed by atoms with van der Waals surface area (Å²) in [4.78, 5) is 9.15. The fourth-order valence-corrected chi connectivity index (χ4v) is 3.91. The number of rotatable bonds is 5. The molecule has 0 spiro atoms. The van der Waals surface area contributed by atoms with Gasteiger partial charge in [0.2, 0.25) is 0 Å². The molecule has 0 fully saturated rings. The lowest BCUT2D eigenvalue weighted by atomic mass is 10.1. The standard InChI is InChI=1S/C21H17N3O3S/c25-14-15-9-11-17(12-10-15)28(26,27)24-19-8-4-7-18-21(19)23-20(13-22-18)16-5-2-1-3-6-16/h1-13,24-25H,14H2. The first kappa shape index (κ1) is 18.1. The molecule has 0 aliphatic carbocycles. The average Bonchev–Trinajstić information content (AvgIpc) is 2.74. The van der Waals surface area contributed by atoms with E-state index in [1.807, 2.05) is 30.3 Å². The Balaban J connectivity index is 1.75. The van der Waals surface area contributed by atoms with Gasteiger partial charge in [0.15, 0.2) is 0 Å². The van der Waals surface area contributed by atoms with Crippen molar-refractivity contribution < 1.29 is 13.5 Å². The van der Waals surface area contributed by atoms with Crippen LogP contribution in [-0.4, -0.2) is 23.5 Å². The van der Waals surface area contributed by atoms with E-state index in [4.69, 9.17) is 5.11 Å². The van der Waals surface area contributed by atoms with E-state index in [-0.39, 0.29) is 11.5 Å². The number of nitrogens with zero attached hydrogens (tertiary/aromatic N) is 2. The van der Waals surface area contributed by atoms with Crippen molar-refractivity contribution in [1.82, 2.24) is 9.97 Å². The highest BCUT2D eigenvalue weighted by atomic mass is 32.2. The number of benzene rings is 3. The molecule has 3 aromatic carbocycles. The van der Waals surface area contributed by atoms with Crippen molar-refractivity contribution in [1.29, 1.82) is 0 Å². The largest absolute Gasteiger partial charge is 0.392 e. The second-order valence-corrected chi connectivity index (χ2v) is 7.88. The summed E-state index contributed by atoms with van der Waals surface area (Å²) in [5.74, 6) is 0. The van der Waals surface area contributed by atoms with Crippen LogP contribution in [0.4, 0.5) is 5.69 Å². The van der Waals surface area contributed by atoms with Crippen LogP contribution in [0, 0.1) is 0 Å². The van der Waals surface area contributed by atoms with Gasteiger partial charge >= 0.3 is 0 Å². The highest BCUT2D eigenvalue weighted by molar-refractivity contribution is 7.92. The molecule has 0 radical (unpaired) electrons. The third-order valence-electron chi connectivity index (χ3n) is 4.30. The Morgan fingerprint density at radius 3 is 2.36 bits per heavy atom. The monoisotopic (exact) mass is 391 g/mol. The van der Waals surface area contributed by atoms with Crippen molar-refractivity contribution in [3.8, 4) is 11.3 Å². The maximum absolute atomic E-state index is 12.8. The van der Waals surface area contributed by atoms with Crippen LogP contribution in [0.1, 0.15) is 5.56 Å². The van der Waals surface area contributed by atoms with Crippen LogP contribution >= 0.6 is 0 Å². The number of sulfonamides is 1. The summed E-state index contributed by atoms with van der Waals surface area (Å²) in [5, 5.41) is 9.12. The van der Waals surface area contributed by atoms with Crippen molar-refractivity contribution in [3.63, 3.8) is 0 Å². The van der Waals surface area contributed by atoms with Crippen molar-refractivity contribution in [3.05, 3.63) is 84.6 Å². The number of aliphatic hydroxyl groups excluding tert-OH is 1. The first-order valence-corrected chi connectivity index (χ1v) is 10.1. The first-order valence-electron chi connectivity index (χ1n) is 8.61. The van der Waals surface area contributed by atoms with Gasteiger partial charge in [-0.05, 0) is 29.8 Å². The van der Waals surface area contributed by atoms with Gasteiger partial charge in [0.1, 0.15) is 5.52 Å². The van der Waals surface area contributed by atoms with Gasteiger partial charge in [-0.15, -0.1) is 0 Å². The quantitative estimate of drug-likeness (QED) is 0.542. The average molecular weight is 391 g/mol. The van der Waals surface area contributed by atoms with E-state index in [1.165, 1.54) is 12.1 Å². The Morgan fingerprint density at radius 2 is 1.64 bits per heavy atom. The summed E-state index contributed by atoms with van der Waals surface area (Å²) in [6, 6.07) is 20.8. The summed E-state index contributed by atoms with van der Waals surface area (Å²) in [5.41, 5.74) is 3.62. The Morgan fingerprint density at radius 1 is 0.893 bits per heavy atom. The smallest absolute Gasteiger partial charge is 0.261 e. The molecule has 0 amide bonds. The van der Waals surface area contributed by atoms with E-state index in [0.717, 1.165) is 5.56 Å².